The molecule has 5 rings (SSSR count). The van der Waals surface area contributed by atoms with Crippen LogP contribution in [0.25, 0.3) is 11.2 Å². The SMILES string of the molecule is CN1OC(Cn2cnc3ncn(C)c3c2=O)=NC1[C@H]1C[C@](O)(c2ccc(Cl)cc2)C1. The van der Waals surface area contributed by atoms with Crippen molar-refractivity contribution in [1.29, 1.82) is 0 Å². The largest absolute Gasteiger partial charge is 0.387 e. The van der Waals surface area contributed by atoms with Gasteiger partial charge in [-0.15, -0.1) is 5.06 Å². The maximum atomic E-state index is 12.7. The van der Waals surface area contributed by atoms with Gasteiger partial charge in [0.25, 0.3) is 5.56 Å². The molecule has 1 N–H and O–H groups in total. The molecule has 1 atom stereocenters. The van der Waals surface area contributed by atoms with Crippen molar-refractivity contribution in [1.82, 2.24) is 24.2 Å². The zero-order valence-electron chi connectivity index (χ0n) is 16.6. The number of rotatable bonds is 4. The van der Waals surface area contributed by atoms with Gasteiger partial charge in [0, 0.05) is 25.0 Å². The van der Waals surface area contributed by atoms with Crippen molar-refractivity contribution in [2.45, 2.75) is 31.2 Å². The molecule has 0 saturated heterocycles. The molecule has 1 saturated carbocycles. The molecule has 0 bridgehead atoms. The van der Waals surface area contributed by atoms with Gasteiger partial charge >= 0.3 is 0 Å². The van der Waals surface area contributed by atoms with Crippen LogP contribution in [0.1, 0.15) is 18.4 Å². The van der Waals surface area contributed by atoms with Crippen molar-refractivity contribution in [3.63, 3.8) is 0 Å². The van der Waals surface area contributed by atoms with Crippen LogP contribution >= 0.6 is 11.6 Å². The molecule has 0 radical (unpaired) electrons. The number of fused-ring (bicyclic) bond motifs is 1. The average Bonchev–Trinajstić information content (AvgIpc) is 3.25. The van der Waals surface area contributed by atoms with Gasteiger partial charge in [0.2, 0.25) is 5.90 Å². The van der Waals surface area contributed by atoms with Gasteiger partial charge < -0.3 is 14.5 Å². The second-order valence-corrected chi connectivity index (χ2v) is 8.42. The molecule has 1 unspecified atom stereocenters. The van der Waals surface area contributed by atoms with Crippen LogP contribution in [0.3, 0.4) is 0 Å². The van der Waals surface area contributed by atoms with Crippen molar-refractivity contribution >= 4 is 28.7 Å². The summed E-state index contributed by atoms with van der Waals surface area (Å²) in [6.45, 7) is 0.183. The third kappa shape index (κ3) is 3.10. The van der Waals surface area contributed by atoms with Gasteiger partial charge in [-0.1, -0.05) is 23.7 Å². The highest BCUT2D eigenvalue weighted by molar-refractivity contribution is 6.30. The molecule has 1 aromatic carbocycles. The van der Waals surface area contributed by atoms with E-state index in [-0.39, 0.29) is 24.2 Å². The highest BCUT2D eigenvalue weighted by Crippen LogP contribution is 2.49. The molecule has 1 aliphatic heterocycles. The Morgan fingerprint density at radius 2 is 1.90 bits per heavy atom. The highest BCUT2D eigenvalue weighted by Gasteiger charge is 2.50. The molecule has 1 fully saturated rings. The third-order valence-electron chi connectivity index (χ3n) is 5.91. The van der Waals surface area contributed by atoms with Crippen LogP contribution < -0.4 is 5.56 Å². The zero-order valence-corrected chi connectivity index (χ0v) is 17.3. The summed E-state index contributed by atoms with van der Waals surface area (Å²) < 4.78 is 3.11. The number of nitrogens with zero attached hydrogens (tertiary/aromatic N) is 6. The summed E-state index contributed by atoms with van der Waals surface area (Å²) in [5, 5.41) is 13.2. The number of halogens is 1. The fraction of sp³-hybridized carbons (Fsp3) is 0.400. The van der Waals surface area contributed by atoms with Gasteiger partial charge in [-0.3, -0.25) is 9.36 Å². The van der Waals surface area contributed by atoms with Crippen LogP contribution in [0.5, 0.6) is 0 Å². The van der Waals surface area contributed by atoms with E-state index in [1.165, 1.54) is 10.9 Å². The Morgan fingerprint density at radius 1 is 1.20 bits per heavy atom. The van der Waals surface area contributed by atoms with Gasteiger partial charge in [-0.05, 0) is 30.5 Å². The number of benzene rings is 1. The molecule has 2 aromatic heterocycles. The lowest BCUT2D eigenvalue weighted by Gasteiger charge is -2.46. The predicted molar refractivity (Wildman–Crippen MR) is 111 cm³/mol. The topological polar surface area (TPSA) is 97.8 Å². The van der Waals surface area contributed by atoms with E-state index in [1.54, 1.807) is 35.1 Å². The number of hydrogen-bond donors (Lipinski definition) is 1. The Morgan fingerprint density at radius 3 is 2.63 bits per heavy atom. The van der Waals surface area contributed by atoms with E-state index >= 15 is 0 Å². The predicted octanol–water partition coefficient (Wildman–Crippen LogP) is 1.68. The molecule has 2 aliphatic rings. The van der Waals surface area contributed by atoms with E-state index in [2.05, 4.69) is 15.0 Å². The smallest absolute Gasteiger partial charge is 0.280 e. The molecule has 0 spiro atoms. The molecular weight excluding hydrogens is 408 g/mol. The van der Waals surface area contributed by atoms with Gasteiger partial charge in [0.05, 0.1) is 11.9 Å². The van der Waals surface area contributed by atoms with E-state index < -0.39 is 5.60 Å². The number of aliphatic hydroxyl groups is 1. The summed E-state index contributed by atoms with van der Waals surface area (Å²) in [4.78, 5) is 31.5. The average molecular weight is 429 g/mol. The first-order valence-electron chi connectivity index (χ1n) is 9.66. The monoisotopic (exact) mass is 428 g/mol. The summed E-state index contributed by atoms with van der Waals surface area (Å²) in [5.41, 5.74) is 0.640. The summed E-state index contributed by atoms with van der Waals surface area (Å²) >= 11 is 5.95. The second-order valence-electron chi connectivity index (χ2n) is 7.99. The van der Waals surface area contributed by atoms with Crippen LogP contribution in [0.4, 0.5) is 0 Å². The van der Waals surface area contributed by atoms with Crippen LogP contribution in [0, 0.1) is 5.92 Å². The fourth-order valence-corrected chi connectivity index (χ4v) is 4.42. The first kappa shape index (κ1) is 19.2. The molecule has 156 valence electrons. The zero-order chi connectivity index (χ0) is 21.0. The molecule has 9 nitrogen and oxygen atoms in total. The van der Waals surface area contributed by atoms with Crippen molar-refractivity contribution in [3.05, 3.63) is 57.9 Å². The summed E-state index contributed by atoms with van der Waals surface area (Å²) in [5.74, 6) is 0.581. The van der Waals surface area contributed by atoms with Gasteiger partial charge in [-0.2, -0.15) is 0 Å². The maximum absolute atomic E-state index is 12.7. The lowest BCUT2D eigenvalue weighted by molar-refractivity contribution is -0.143. The van der Waals surface area contributed by atoms with Gasteiger partial charge in [0.15, 0.2) is 11.2 Å². The third-order valence-corrected chi connectivity index (χ3v) is 6.16. The lowest BCUT2D eigenvalue weighted by atomic mass is 9.66. The number of hydroxylamine groups is 2. The molecule has 3 heterocycles. The van der Waals surface area contributed by atoms with Crippen LogP contribution in [-0.4, -0.2) is 48.4 Å². The molecule has 3 aromatic rings. The van der Waals surface area contributed by atoms with Crippen molar-refractivity contribution in [2.24, 2.45) is 18.0 Å². The maximum Gasteiger partial charge on any atom is 0.280 e. The molecule has 30 heavy (non-hydrogen) atoms. The minimum absolute atomic E-state index is 0.141. The number of aromatic nitrogens is 4. The van der Waals surface area contributed by atoms with Gasteiger partial charge in [-0.25, -0.2) is 15.0 Å². The Bertz CT molecular complexity index is 1200. The number of imidazole rings is 1. The first-order chi connectivity index (χ1) is 14.3. The summed E-state index contributed by atoms with van der Waals surface area (Å²) in [7, 11) is 3.57. The van der Waals surface area contributed by atoms with Crippen molar-refractivity contribution in [3.8, 4) is 0 Å². The second kappa shape index (κ2) is 6.90. The first-order valence-corrected chi connectivity index (χ1v) is 10.0. The van der Waals surface area contributed by atoms with Gasteiger partial charge in [0.1, 0.15) is 19.0 Å². The van der Waals surface area contributed by atoms with Crippen molar-refractivity contribution in [2.75, 3.05) is 7.05 Å². The van der Waals surface area contributed by atoms with E-state index in [9.17, 15) is 9.90 Å². The molecule has 1 aliphatic carbocycles. The molecule has 10 heteroatoms. The standard InChI is InChI=1S/C20H21ClN6O3/c1-25-10-22-17-16(25)19(28)27(11-23-17)9-15-24-18(26(2)30-15)12-7-20(29,8-12)13-3-5-14(21)6-4-13/h3-6,10-12,18,29H,7-9H2,1-2H3/t12-,18?,20+. The minimum Gasteiger partial charge on any atom is -0.387 e. The van der Waals surface area contributed by atoms with Crippen molar-refractivity contribution < 1.29 is 9.94 Å². The number of aryl methyl sites for hydroxylation is 1. The fourth-order valence-electron chi connectivity index (χ4n) is 4.29. The summed E-state index contributed by atoms with van der Waals surface area (Å²) in [6, 6.07) is 7.29. The minimum atomic E-state index is -0.875. The van der Waals surface area contributed by atoms with E-state index in [0.717, 1.165) is 5.56 Å². The van der Waals surface area contributed by atoms with E-state index in [1.807, 2.05) is 19.2 Å². The lowest BCUT2D eigenvalue weighted by Crippen LogP contribution is -2.48. The van der Waals surface area contributed by atoms with Crippen LogP contribution in [-0.2, 0) is 24.0 Å². The van der Waals surface area contributed by atoms with E-state index in [0.29, 0.717) is 34.9 Å². The van der Waals surface area contributed by atoms with Crippen LogP contribution in [0.2, 0.25) is 5.02 Å². The Kier molecular flexibility index (Phi) is 4.42. The normalized spacial score (nSPS) is 26.5. The number of hydrogen-bond acceptors (Lipinski definition) is 7. The summed E-state index contributed by atoms with van der Waals surface area (Å²) in [6.07, 6.45) is 3.96. The Labute approximate surface area is 177 Å². The van der Waals surface area contributed by atoms with Crippen LogP contribution in [0.15, 0.2) is 46.7 Å². The Balaban J connectivity index is 1.32. The number of aliphatic imine (C=N–C) groups is 1. The quantitative estimate of drug-likeness (QED) is 0.679. The molecule has 0 amide bonds. The Hall–Kier alpha value is -2.75. The van der Waals surface area contributed by atoms with E-state index in [4.69, 9.17) is 16.4 Å². The molecular formula is C20H21ClN6O3. The highest BCUT2D eigenvalue weighted by atomic mass is 35.5.